The van der Waals surface area contributed by atoms with Crippen LogP contribution in [-0.4, -0.2) is 11.7 Å². The van der Waals surface area contributed by atoms with Gasteiger partial charge in [-0.2, -0.15) is 5.10 Å². The number of hydrogen-bond acceptors (Lipinski definition) is 2. The topological polar surface area (TPSA) is 67.5 Å². The van der Waals surface area contributed by atoms with E-state index in [9.17, 15) is 4.79 Å². The number of carbonyl (C=O) groups excluding carboxylic acids is 1. The van der Waals surface area contributed by atoms with Gasteiger partial charge in [0.05, 0.1) is 0 Å². The fourth-order valence-corrected chi connectivity index (χ4v) is 4.08. The van der Waals surface area contributed by atoms with Crippen LogP contribution in [0.15, 0.2) is 5.10 Å². The van der Waals surface area contributed by atoms with Crippen molar-refractivity contribution in [3.8, 4) is 0 Å². The Morgan fingerprint density at radius 3 is 2.80 bits per heavy atom. The molecule has 15 heavy (non-hydrogen) atoms. The second-order valence-corrected chi connectivity index (χ2v) is 5.14. The van der Waals surface area contributed by atoms with E-state index in [1.165, 1.54) is 31.4 Å². The summed E-state index contributed by atoms with van der Waals surface area (Å²) < 4.78 is 0. The van der Waals surface area contributed by atoms with Gasteiger partial charge in [-0.15, -0.1) is 0 Å². The summed E-state index contributed by atoms with van der Waals surface area (Å²) in [5.41, 5.74) is 8.61. The Morgan fingerprint density at radius 2 is 2.00 bits per heavy atom. The second-order valence-electron chi connectivity index (χ2n) is 5.14. The lowest BCUT2D eigenvalue weighted by molar-refractivity contribution is 0.249. The maximum Gasteiger partial charge on any atom is 0.332 e. The maximum absolute atomic E-state index is 10.6. The molecule has 0 bridgehead atoms. The molecule has 4 heteroatoms. The maximum atomic E-state index is 10.6. The highest BCUT2D eigenvalue weighted by atomic mass is 16.2. The van der Waals surface area contributed by atoms with Crippen molar-refractivity contribution in [1.29, 1.82) is 0 Å². The van der Waals surface area contributed by atoms with Crippen molar-refractivity contribution in [3.63, 3.8) is 0 Å². The first-order chi connectivity index (χ1) is 7.25. The molecule has 0 saturated heterocycles. The number of nitrogens with zero attached hydrogens (tertiary/aromatic N) is 1. The molecule has 0 aromatic heterocycles. The Morgan fingerprint density at radius 1 is 1.27 bits per heavy atom. The highest BCUT2D eigenvalue weighted by molar-refractivity contribution is 5.90. The number of rotatable bonds is 1. The van der Waals surface area contributed by atoms with Gasteiger partial charge in [-0.3, -0.25) is 0 Å². The van der Waals surface area contributed by atoms with Crippen LogP contribution in [0.4, 0.5) is 4.79 Å². The van der Waals surface area contributed by atoms with Gasteiger partial charge in [-0.25, -0.2) is 10.2 Å². The lowest BCUT2D eigenvalue weighted by atomic mass is 9.92. The van der Waals surface area contributed by atoms with Gasteiger partial charge < -0.3 is 5.73 Å². The molecule has 3 aliphatic rings. The van der Waals surface area contributed by atoms with Gasteiger partial charge in [-0.1, -0.05) is 0 Å². The molecule has 82 valence electrons. The minimum Gasteiger partial charge on any atom is -0.350 e. The minimum absolute atomic E-state index is 0.547. The zero-order chi connectivity index (χ0) is 10.4. The van der Waals surface area contributed by atoms with E-state index in [0.29, 0.717) is 5.92 Å². The first-order valence-corrected chi connectivity index (χ1v) is 5.87. The molecular weight excluding hydrogens is 190 g/mol. The lowest BCUT2D eigenvalue weighted by Crippen LogP contribution is -2.26. The van der Waals surface area contributed by atoms with E-state index >= 15 is 0 Å². The first kappa shape index (κ1) is 9.19. The van der Waals surface area contributed by atoms with Gasteiger partial charge in [0.1, 0.15) is 0 Å². The molecule has 2 amide bonds. The number of carbonyl (C=O) groups is 1. The molecule has 0 aliphatic heterocycles. The highest BCUT2D eigenvalue weighted by Gasteiger charge is 2.51. The van der Waals surface area contributed by atoms with Crippen molar-refractivity contribution in [2.24, 2.45) is 34.5 Å². The molecular formula is C11H17N3O. The summed E-state index contributed by atoms with van der Waals surface area (Å²) in [4.78, 5) is 10.6. The third-order valence-corrected chi connectivity index (χ3v) is 4.52. The van der Waals surface area contributed by atoms with Crippen molar-refractivity contribution < 1.29 is 4.79 Å². The van der Waals surface area contributed by atoms with E-state index in [1.807, 2.05) is 0 Å². The van der Waals surface area contributed by atoms with Crippen LogP contribution in [0.3, 0.4) is 0 Å². The average molecular weight is 207 g/mol. The third-order valence-electron chi connectivity index (χ3n) is 4.52. The van der Waals surface area contributed by atoms with Crippen LogP contribution in [0.1, 0.15) is 32.1 Å². The Labute approximate surface area is 89.3 Å². The Hall–Kier alpha value is -1.06. The van der Waals surface area contributed by atoms with Gasteiger partial charge in [0.2, 0.25) is 0 Å². The van der Waals surface area contributed by atoms with Crippen molar-refractivity contribution in [2.45, 2.75) is 32.1 Å². The molecule has 3 aliphatic carbocycles. The van der Waals surface area contributed by atoms with Crippen molar-refractivity contribution >= 4 is 11.7 Å². The van der Waals surface area contributed by atoms with Crippen molar-refractivity contribution in [2.75, 3.05) is 0 Å². The predicted octanol–water partition coefficient (Wildman–Crippen LogP) is 1.47. The van der Waals surface area contributed by atoms with Gasteiger partial charge >= 0.3 is 6.03 Å². The van der Waals surface area contributed by atoms with Crippen LogP contribution in [0, 0.1) is 23.7 Å². The Balaban J connectivity index is 1.78. The van der Waals surface area contributed by atoms with E-state index in [1.54, 1.807) is 0 Å². The normalized spacial score (nSPS) is 44.7. The molecule has 0 aromatic rings. The van der Waals surface area contributed by atoms with Gasteiger partial charge in [0.15, 0.2) is 0 Å². The standard InChI is InChI=1S/C11H17N3O/c12-11(15)14-13-9-5-7-2-1-6-3-4-8(9)10(6)7/h6-8,10H,1-5H2,(H3,12,14,15)/b13-9-/t6-,7+,8+,10-/m1/s1. The summed E-state index contributed by atoms with van der Waals surface area (Å²) in [6.45, 7) is 0. The van der Waals surface area contributed by atoms with Crippen molar-refractivity contribution in [3.05, 3.63) is 0 Å². The number of primary amides is 1. The monoisotopic (exact) mass is 207 g/mol. The van der Waals surface area contributed by atoms with Crippen molar-refractivity contribution in [1.82, 2.24) is 5.43 Å². The number of nitrogens with two attached hydrogens (primary N) is 1. The summed E-state index contributed by atoms with van der Waals surface area (Å²) in [5.74, 6) is 3.31. The molecule has 3 fully saturated rings. The quantitative estimate of drug-likeness (QED) is 0.628. The predicted molar refractivity (Wildman–Crippen MR) is 57.2 cm³/mol. The summed E-state index contributed by atoms with van der Waals surface area (Å²) >= 11 is 0. The van der Waals surface area contributed by atoms with Crippen LogP contribution in [0.25, 0.3) is 0 Å². The zero-order valence-corrected chi connectivity index (χ0v) is 8.78. The van der Waals surface area contributed by atoms with E-state index in [2.05, 4.69) is 10.5 Å². The number of hydrogen-bond donors (Lipinski definition) is 2. The molecule has 0 heterocycles. The summed E-state index contributed by atoms with van der Waals surface area (Å²) in [7, 11) is 0. The molecule has 4 atom stereocenters. The van der Waals surface area contributed by atoms with Gasteiger partial charge in [0.25, 0.3) is 0 Å². The largest absolute Gasteiger partial charge is 0.350 e. The molecule has 3 N–H and O–H groups in total. The van der Waals surface area contributed by atoms with E-state index < -0.39 is 6.03 Å². The van der Waals surface area contributed by atoms with Crippen LogP contribution >= 0.6 is 0 Å². The molecule has 3 rings (SSSR count). The minimum atomic E-state index is -0.547. The molecule has 0 radical (unpaired) electrons. The summed E-state index contributed by atoms with van der Waals surface area (Å²) in [5, 5.41) is 4.18. The molecule has 4 nitrogen and oxygen atoms in total. The Bertz CT molecular complexity index is 326. The SMILES string of the molecule is NC(=O)N/N=C1/C[C@@H]2CC[C@@H]3CC[C@@H]1[C@H]32. The van der Waals surface area contributed by atoms with Crippen LogP contribution in [0.2, 0.25) is 0 Å². The van der Waals surface area contributed by atoms with Gasteiger partial charge in [0, 0.05) is 11.6 Å². The third kappa shape index (κ3) is 1.34. The number of amides is 2. The summed E-state index contributed by atoms with van der Waals surface area (Å²) in [6, 6.07) is -0.547. The van der Waals surface area contributed by atoms with Crippen LogP contribution in [-0.2, 0) is 0 Å². The number of urea groups is 1. The fourth-order valence-electron chi connectivity index (χ4n) is 4.08. The zero-order valence-electron chi connectivity index (χ0n) is 8.78. The van der Waals surface area contributed by atoms with Crippen LogP contribution in [0.5, 0.6) is 0 Å². The number of nitrogens with one attached hydrogen (secondary N) is 1. The van der Waals surface area contributed by atoms with E-state index in [0.717, 1.165) is 24.2 Å². The van der Waals surface area contributed by atoms with E-state index in [4.69, 9.17) is 5.73 Å². The lowest BCUT2D eigenvalue weighted by Gasteiger charge is -2.12. The van der Waals surface area contributed by atoms with Crippen LogP contribution < -0.4 is 11.2 Å². The Kier molecular flexibility index (Phi) is 1.97. The molecule has 0 aromatic carbocycles. The van der Waals surface area contributed by atoms with Gasteiger partial charge in [-0.05, 0) is 49.9 Å². The first-order valence-electron chi connectivity index (χ1n) is 5.87. The second kappa shape index (κ2) is 3.22. The van der Waals surface area contributed by atoms with E-state index in [-0.39, 0.29) is 0 Å². The fraction of sp³-hybridized carbons (Fsp3) is 0.818. The molecule has 0 spiro atoms. The molecule has 0 unspecified atom stereocenters. The smallest absolute Gasteiger partial charge is 0.332 e. The number of hydrazone groups is 1. The highest BCUT2D eigenvalue weighted by Crippen LogP contribution is 2.57. The average Bonchev–Trinajstić information content (AvgIpc) is 2.83. The summed E-state index contributed by atoms with van der Waals surface area (Å²) in [6.07, 6.45) is 6.50. The molecule has 3 saturated carbocycles.